The zero-order valence-electron chi connectivity index (χ0n) is 20.0. The third-order valence-electron chi connectivity index (χ3n) is 5.75. The summed E-state index contributed by atoms with van der Waals surface area (Å²) in [7, 11) is 1.40. The number of para-hydroxylation sites is 1. The van der Waals surface area contributed by atoms with E-state index in [1.54, 1.807) is 30.5 Å². The van der Waals surface area contributed by atoms with E-state index >= 15 is 0 Å². The number of piperazine rings is 1. The number of rotatable bonds is 8. The first kappa shape index (κ1) is 25.0. The molecule has 0 saturated carbocycles. The van der Waals surface area contributed by atoms with Crippen molar-refractivity contribution < 1.29 is 18.4 Å². The molecule has 8 nitrogen and oxygen atoms in total. The van der Waals surface area contributed by atoms with Crippen molar-refractivity contribution in [2.75, 3.05) is 38.2 Å². The first-order chi connectivity index (χ1) is 16.9. The standard InChI is InChI=1S/C25H29FN4O4S/c1-18(2)35(32)29-13-11-28(12-14-29)22-16-27-30(20-7-5-4-6-8-20)25(31)24(22)34-17-19-9-10-21(26)23(15-19)33-3/h4-10,15-16,18H,11-14,17H2,1-3H3. The molecule has 1 aliphatic rings. The predicted molar refractivity (Wildman–Crippen MR) is 134 cm³/mol. The Morgan fingerprint density at radius 1 is 1.11 bits per heavy atom. The van der Waals surface area contributed by atoms with Gasteiger partial charge in [-0.2, -0.15) is 9.78 Å². The summed E-state index contributed by atoms with van der Waals surface area (Å²) in [5, 5.41) is 4.45. The summed E-state index contributed by atoms with van der Waals surface area (Å²) < 4.78 is 40.7. The maximum atomic E-state index is 13.8. The molecule has 1 saturated heterocycles. The molecule has 186 valence electrons. The lowest BCUT2D eigenvalue weighted by Gasteiger charge is -2.36. The molecule has 1 unspecified atom stereocenters. The summed E-state index contributed by atoms with van der Waals surface area (Å²) in [4.78, 5) is 15.5. The van der Waals surface area contributed by atoms with E-state index in [-0.39, 0.29) is 23.4 Å². The summed E-state index contributed by atoms with van der Waals surface area (Å²) in [6.45, 7) is 6.28. The quantitative estimate of drug-likeness (QED) is 0.440. The van der Waals surface area contributed by atoms with Gasteiger partial charge in [0.25, 0.3) is 0 Å². The SMILES string of the molecule is COc1cc(COc2c(N3CCN([S+]([O-])C(C)C)CC3)cnn(-c3ccccc3)c2=O)ccc1F. The van der Waals surface area contributed by atoms with Crippen LogP contribution < -0.4 is 19.9 Å². The highest BCUT2D eigenvalue weighted by molar-refractivity contribution is 7.89. The van der Waals surface area contributed by atoms with E-state index in [4.69, 9.17) is 9.47 Å². The smallest absolute Gasteiger partial charge is 0.316 e. The molecule has 0 spiro atoms. The lowest BCUT2D eigenvalue weighted by molar-refractivity contribution is 0.296. The average molecular weight is 501 g/mol. The van der Waals surface area contributed by atoms with Crippen LogP contribution in [0.2, 0.25) is 0 Å². The van der Waals surface area contributed by atoms with E-state index in [0.717, 1.165) is 0 Å². The number of hydrogen-bond acceptors (Lipinski definition) is 7. The number of halogens is 1. The van der Waals surface area contributed by atoms with Crippen molar-refractivity contribution in [3.05, 3.63) is 76.5 Å². The summed E-state index contributed by atoms with van der Waals surface area (Å²) in [6, 6.07) is 13.6. The first-order valence-corrected chi connectivity index (χ1v) is 12.6. The van der Waals surface area contributed by atoms with Crippen molar-refractivity contribution in [3.8, 4) is 17.2 Å². The third-order valence-corrected chi connectivity index (χ3v) is 7.43. The molecule has 2 heterocycles. The lowest BCUT2D eigenvalue weighted by Crippen LogP contribution is -2.50. The molecule has 0 amide bonds. The van der Waals surface area contributed by atoms with Gasteiger partial charge in [-0.25, -0.2) is 4.39 Å². The normalized spacial score (nSPS) is 15.3. The zero-order valence-corrected chi connectivity index (χ0v) is 20.8. The fourth-order valence-corrected chi connectivity index (χ4v) is 5.02. The molecule has 1 aliphatic heterocycles. The molecule has 10 heteroatoms. The number of methoxy groups -OCH3 is 1. The van der Waals surface area contributed by atoms with Crippen LogP contribution in [0, 0.1) is 5.82 Å². The summed E-state index contributed by atoms with van der Waals surface area (Å²) in [6.07, 6.45) is 1.63. The van der Waals surface area contributed by atoms with E-state index in [0.29, 0.717) is 43.1 Å². The van der Waals surface area contributed by atoms with Crippen molar-refractivity contribution in [1.29, 1.82) is 0 Å². The van der Waals surface area contributed by atoms with Crippen LogP contribution in [0.15, 0.2) is 59.5 Å². The minimum Gasteiger partial charge on any atom is -0.598 e. The second-order valence-corrected chi connectivity index (χ2v) is 10.4. The minimum absolute atomic E-state index is 0.0459. The Morgan fingerprint density at radius 3 is 2.49 bits per heavy atom. The van der Waals surface area contributed by atoms with E-state index in [1.807, 2.05) is 41.3 Å². The number of benzene rings is 2. The van der Waals surface area contributed by atoms with Gasteiger partial charge in [0, 0.05) is 24.5 Å². The number of ether oxygens (including phenoxy) is 2. The van der Waals surface area contributed by atoms with Crippen molar-refractivity contribution in [2.45, 2.75) is 25.7 Å². The predicted octanol–water partition coefficient (Wildman–Crippen LogP) is 3.15. The molecule has 0 aliphatic carbocycles. The molecule has 3 aromatic rings. The Balaban J connectivity index is 1.64. The average Bonchev–Trinajstić information content (AvgIpc) is 2.88. The van der Waals surface area contributed by atoms with Gasteiger partial charge in [-0.3, -0.25) is 4.79 Å². The van der Waals surface area contributed by atoms with Gasteiger partial charge in [0.2, 0.25) is 5.75 Å². The minimum atomic E-state index is -1.05. The van der Waals surface area contributed by atoms with E-state index in [2.05, 4.69) is 5.10 Å². The van der Waals surface area contributed by atoms with Crippen LogP contribution in [0.1, 0.15) is 19.4 Å². The molecule has 0 N–H and O–H groups in total. The zero-order chi connectivity index (χ0) is 24.9. The maximum absolute atomic E-state index is 13.8. The molecular formula is C25H29FN4O4S. The first-order valence-electron chi connectivity index (χ1n) is 11.4. The van der Waals surface area contributed by atoms with E-state index in [1.165, 1.54) is 17.9 Å². The van der Waals surface area contributed by atoms with Crippen molar-refractivity contribution in [2.24, 2.45) is 0 Å². The lowest BCUT2D eigenvalue weighted by atomic mass is 10.2. The van der Waals surface area contributed by atoms with Crippen molar-refractivity contribution in [3.63, 3.8) is 0 Å². The van der Waals surface area contributed by atoms with Crippen LogP contribution in [0.25, 0.3) is 5.69 Å². The molecule has 0 radical (unpaired) electrons. The van der Waals surface area contributed by atoms with Gasteiger partial charge < -0.3 is 18.9 Å². The Labute approximate surface area is 207 Å². The number of nitrogens with zero attached hydrogens (tertiary/aromatic N) is 4. The molecule has 1 aromatic heterocycles. The molecule has 1 atom stereocenters. The maximum Gasteiger partial charge on any atom is 0.316 e. The molecular weight excluding hydrogens is 471 g/mol. The van der Waals surface area contributed by atoms with Gasteiger partial charge in [0.05, 0.1) is 32.1 Å². The van der Waals surface area contributed by atoms with Gasteiger partial charge in [0.1, 0.15) is 17.5 Å². The van der Waals surface area contributed by atoms with Crippen LogP contribution in [0.5, 0.6) is 11.5 Å². The van der Waals surface area contributed by atoms with Gasteiger partial charge >= 0.3 is 5.56 Å². The summed E-state index contributed by atoms with van der Waals surface area (Å²) in [5.74, 6) is -0.202. The van der Waals surface area contributed by atoms with Crippen molar-refractivity contribution >= 4 is 17.0 Å². The molecule has 2 aromatic carbocycles. The van der Waals surface area contributed by atoms with Crippen LogP contribution in [-0.2, 0) is 18.0 Å². The van der Waals surface area contributed by atoms with Gasteiger partial charge in [-0.05, 0) is 43.7 Å². The largest absolute Gasteiger partial charge is 0.598 e. The number of anilines is 1. The fraction of sp³-hybridized carbons (Fsp3) is 0.360. The molecule has 0 bridgehead atoms. The molecule has 1 fully saturated rings. The monoisotopic (exact) mass is 500 g/mol. The van der Waals surface area contributed by atoms with Gasteiger partial charge in [-0.1, -0.05) is 24.3 Å². The van der Waals surface area contributed by atoms with E-state index in [9.17, 15) is 13.7 Å². The van der Waals surface area contributed by atoms with Crippen LogP contribution in [0.3, 0.4) is 0 Å². The van der Waals surface area contributed by atoms with Crippen LogP contribution >= 0.6 is 0 Å². The Morgan fingerprint density at radius 2 is 1.83 bits per heavy atom. The Hall–Kier alpha value is -3.08. The number of hydrogen-bond donors (Lipinski definition) is 0. The van der Waals surface area contributed by atoms with E-state index < -0.39 is 22.7 Å². The van der Waals surface area contributed by atoms with Gasteiger partial charge in [-0.15, -0.1) is 4.31 Å². The fourth-order valence-electron chi connectivity index (χ4n) is 3.90. The number of aromatic nitrogens is 2. The highest BCUT2D eigenvalue weighted by Gasteiger charge is 2.30. The Kier molecular flexibility index (Phi) is 7.94. The van der Waals surface area contributed by atoms with Crippen LogP contribution in [-0.4, -0.2) is 57.2 Å². The topological polar surface area (TPSA) is 82.9 Å². The third kappa shape index (κ3) is 5.61. The van der Waals surface area contributed by atoms with Crippen molar-refractivity contribution in [1.82, 2.24) is 14.1 Å². The summed E-state index contributed by atoms with van der Waals surface area (Å²) >= 11 is -1.05. The van der Waals surface area contributed by atoms with Gasteiger partial charge in [0.15, 0.2) is 11.6 Å². The summed E-state index contributed by atoms with van der Waals surface area (Å²) in [5.41, 5.74) is 1.46. The molecule has 35 heavy (non-hydrogen) atoms. The van der Waals surface area contributed by atoms with Crippen LogP contribution in [0.4, 0.5) is 10.1 Å². The Bertz CT molecular complexity index is 1200. The highest BCUT2D eigenvalue weighted by Crippen LogP contribution is 2.28. The second-order valence-electron chi connectivity index (χ2n) is 8.41. The highest BCUT2D eigenvalue weighted by atomic mass is 32.2. The second kappa shape index (κ2) is 11.1. The molecule has 4 rings (SSSR count).